The zero-order chi connectivity index (χ0) is 23.0. The van der Waals surface area contributed by atoms with Crippen LogP contribution in [0.2, 0.25) is 0 Å². The summed E-state index contributed by atoms with van der Waals surface area (Å²) < 4.78 is 10.6. The van der Waals surface area contributed by atoms with Crippen LogP contribution in [0, 0.1) is 0 Å². The van der Waals surface area contributed by atoms with Gasteiger partial charge in [0.15, 0.2) is 11.8 Å². The monoisotopic (exact) mass is 450 g/mol. The summed E-state index contributed by atoms with van der Waals surface area (Å²) in [5.74, 6) is -0.957. The van der Waals surface area contributed by atoms with Crippen molar-refractivity contribution in [2.24, 2.45) is 0 Å². The molecule has 9 nitrogen and oxygen atoms in total. The maximum absolute atomic E-state index is 13.5. The smallest absolute Gasteiger partial charge is 0.287 e. The Labute approximate surface area is 191 Å². The normalized spacial score (nSPS) is 14.9. The second-order valence-corrected chi connectivity index (χ2v) is 7.90. The van der Waals surface area contributed by atoms with Crippen molar-refractivity contribution in [2.75, 3.05) is 11.4 Å². The highest BCUT2D eigenvalue weighted by Crippen LogP contribution is 2.29. The molecule has 1 saturated carbocycles. The molecule has 0 bridgehead atoms. The minimum Gasteiger partial charge on any atom is -0.467 e. The van der Waals surface area contributed by atoms with Crippen LogP contribution in [0.4, 0.5) is 5.69 Å². The third-order valence-electron chi connectivity index (χ3n) is 5.61. The largest absolute Gasteiger partial charge is 0.467 e. The summed E-state index contributed by atoms with van der Waals surface area (Å²) in [6, 6.07) is 8.76. The van der Waals surface area contributed by atoms with Crippen LogP contribution in [0.5, 0.6) is 0 Å². The molecule has 0 aromatic carbocycles. The minimum absolute atomic E-state index is 0.0493. The lowest BCUT2D eigenvalue weighted by Crippen LogP contribution is -2.49. The van der Waals surface area contributed by atoms with Crippen molar-refractivity contribution in [3.8, 4) is 0 Å². The van der Waals surface area contributed by atoms with Gasteiger partial charge < -0.3 is 19.5 Å². The van der Waals surface area contributed by atoms with Crippen LogP contribution in [-0.2, 0) is 9.59 Å². The summed E-state index contributed by atoms with van der Waals surface area (Å²) in [6.07, 6.45) is 11.0. The van der Waals surface area contributed by atoms with E-state index in [2.05, 4.69) is 15.6 Å². The number of nitrogens with zero attached hydrogens (tertiary/aromatic N) is 2. The Hall–Kier alpha value is -3.88. The standard InChI is InChI=1S/C24H26N4O5/c29-21(16-26-23(30)20-11-6-14-33-20)28(18-9-4-12-25-15-18)22(19-10-5-13-32-19)24(31)27-17-7-2-1-3-8-17/h4-6,9-15,17,22H,1-3,7-8,16H2,(H,26,30)(H,27,31). The number of hydrogen-bond acceptors (Lipinski definition) is 6. The Morgan fingerprint density at radius 3 is 2.48 bits per heavy atom. The molecule has 3 heterocycles. The quantitative estimate of drug-likeness (QED) is 0.544. The molecule has 0 radical (unpaired) electrons. The van der Waals surface area contributed by atoms with Gasteiger partial charge in [0.2, 0.25) is 5.91 Å². The molecule has 3 aromatic rings. The molecule has 0 aliphatic heterocycles. The number of amides is 3. The summed E-state index contributed by atoms with van der Waals surface area (Å²) in [5.41, 5.74) is 0.412. The maximum atomic E-state index is 13.5. The molecular formula is C24H26N4O5. The molecule has 1 aliphatic carbocycles. The van der Waals surface area contributed by atoms with Gasteiger partial charge in [0, 0.05) is 12.2 Å². The molecule has 0 saturated heterocycles. The molecular weight excluding hydrogens is 424 g/mol. The van der Waals surface area contributed by atoms with Gasteiger partial charge in [0.25, 0.3) is 11.8 Å². The van der Waals surface area contributed by atoms with E-state index in [9.17, 15) is 14.4 Å². The van der Waals surface area contributed by atoms with Gasteiger partial charge in [-0.05, 0) is 49.2 Å². The van der Waals surface area contributed by atoms with Gasteiger partial charge in [0.1, 0.15) is 5.76 Å². The Morgan fingerprint density at radius 1 is 1.03 bits per heavy atom. The molecule has 1 atom stereocenters. The molecule has 9 heteroatoms. The third kappa shape index (κ3) is 5.49. The SMILES string of the molecule is O=C(NCC(=O)N(c1cccnc1)C(C(=O)NC1CCCCC1)c1ccco1)c1ccco1. The minimum atomic E-state index is -1.06. The summed E-state index contributed by atoms with van der Waals surface area (Å²) in [7, 11) is 0. The van der Waals surface area contributed by atoms with Crippen molar-refractivity contribution in [1.82, 2.24) is 15.6 Å². The Bertz CT molecular complexity index is 1040. The van der Waals surface area contributed by atoms with Crippen molar-refractivity contribution in [2.45, 2.75) is 44.2 Å². The highest BCUT2D eigenvalue weighted by molar-refractivity contribution is 6.03. The van der Waals surface area contributed by atoms with Crippen molar-refractivity contribution in [1.29, 1.82) is 0 Å². The van der Waals surface area contributed by atoms with E-state index in [1.165, 1.54) is 29.7 Å². The number of rotatable bonds is 8. The zero-order valence-corrected chi connectivity index (χ0v) is 18.1. The average Bonchev–Trinajstić information content (AvgIpc) is 3.56. The second kappa shape index (κ2) is 10.6. The third-order valence-corrected chi connectivity index (χ3v) is 5.61. The summed E-state index contributed by atoms with van der Waals surface area (Å²) in [4.78, 5) is 44.5. The van der Waals surface area contributed by atoms with Crippen LogP contribution >= 0.6 is 0 Å². The topological polar surface area (TPSA) is 118 Å². The first-order valence-electron chi connectivity index (χ1n) is 11.0. The van der Waals surface area contributed by atoms with Crippen LogP contribution < -0.4 is 15.5 Å². The molecule has 2 N–H and O–H groups in total. The van der Waals surface area contributed by atoms with Crippen LogP contribution in [0.15, 0.2) is 70.2 Å². The molecule has 1 fully saturated rings. The molecule has 1 aliphatic rings. The number of hydrogen-bond donors (Lipinski definition) is 2. The number of carbonyl (C=O) groups excluding carboxylic acids is 3. The van der Waals surface area contributed by atoms with E-state index in [0.29, 0.717) is 11.4 Å². The number of nitrogens with one attached hydrogen (secondary N) is 2. The van der Waals surface area contributed by atoms with Gasteiger partial charge >= 0.3 is 0 Å². The van der Waals surface area contributed by atoms with Gasteiger partial charge in [-0.1, -0.05) is 19.3 Å². The van der Waals surface area contributed by atoms with Crippen molar-refractivity contribution in [3.05, 3.63) is 72.8 Å². The predicted molar refractivity (Wildman–Crippen MR) is 119 cm³/mol. The van der Waals surface area contributed by atoms with E-state index in [1.54, 1.807) is 36.5 Å². The van der Waals surface area contributed by atoms with Crippen molar-refractivity contribution in [3.63, 3.8) is 0 Å². The number of aromatic nitrogens is 1. The highest BCUT2D eigenvalue weighted by Gasteiger charge is 2.36. The van der Waals surface area contributed by atoms with Crippen LogP contribution in [0.1, 0.15) is 54.5 Å². The predicted octanol–water partition coefficient (Wildman–Crippen LogP) is 3.22. The molecule has 3 amide bonds. The van der Waals surface area contributed by atoms with E-state index >= 15 is 0 Å². The number of carbonyl (C=O) groups is 3. The van der Waals surface area contributed by atoms with E-state index in [1.807, 2.05) is 0 Å². The fraction of sp³-hybridized carbons (Fsp3) is 0.333. The molecule has 4 rings (SSSR count). The van der Waals surface area contributed by atoms with Crippen LogP contribution in [0.3, 0.4) is 0 Å². The fourth-order valence-corrected chi connectivity index (χ4v) is 4.02. The van der Waals surface area contributed by atoms with Crippen molar-refractivity contribution >= 4 is 23.4 Å². The fourth-order valence-electron chi connectivity index (χ4n) is 4.02. The number of anilines is 1. The molecule has 33 heavy (non-hydrogen) atoms. The van der Waals surface area contributed by atoms with Gasteiger partial charge in [-0.15, -0.1) is 0 Å². The average molecular weight is 450 g/mol. The van der Waals surface area contributed by atoms with E-state index in [4.69, 9.17) is 8.83 Å². The lowest BCUT2D eigenvalue weighted by atomic mass is 9.95. The number of pyridine rings is 1. The molecule has 0 spiro atoms. The molecule has 172 valence electrons. The van der Waals surface area contributed by atoms with E-state index in [-0.39, 0.29) is 24.3 Å². The second-order valence-electron chi connectivity index (χ2n) is 7.90. The Kier molecular flexibility index (Phi) is 7.19. The Balaban J connectivity index is 1.60. The number of furan rings is 2. The van der Waals surface area contributed by atoms with Crippen molar-refractivity contribution < 1.29 is 23.2 Å². The zero-order valence-electron chi connectivity index (χ0n) is 18.1. The summed E-state index contributed by atoms with van der Waals surface area (Å²) in [5, 5.41) is 5.63. The highest BCUT2D eigenvalue weighted by atomic mass is 16.3. The first-order valence-corrected chi connectivity index (χ1v) is 11.0. The summed E-state index contributed by atoms with van der Waals surface area (Å²) >= 11 is 0. The Morgan fingerprint density at radius 2 is 1.82 bits per heavy atom. The molecule has 1 unspecified atom stereocenters. The summed E-state index contributed by atoms with van der Waals surface area (Å²) in [6.45, 7) is -0.345. The van der Waals surface area contributed by atoms with E-state index < -0.39 is 17.9 Å². The van der Waals surface area contributed by atoms with Gasteiger partial charge in [0.05, 0.1) is 31.0 Å². The van der Waals surface area contributed by atoms with Gasteiger partial charge in [-0.3, -0.25) is 24.3 Å². The first-order chi connectivity index (χ1) is 16.1. The van der Waals surface area contributed by atoms with E-state index in [0.717, 1.165) is 32.1 Å². The van der Waals surface area contributed by atoms with Crippen LogP contribution in [-0.4, -0.2) is 35.3 Å². The lowest BCUT2D eigenvalue weighted by Gasteiger charge is -2.32. The van der Waals surface area contributed by atoms with Gasteiger partial charge in [-0.2, -0.15) is 0 Å². The van der Waals surface area contributed by atoms with Gasteiger partial charge in [-0.25, -0.2) is 0 Å². The maximum Gasteiger partial charge on any atom is 0.287 e. The lowest BCUT2D eigenvalue weighted by molar-refractivity contribution is -0.127. The first kappa shape index (κ1) is 22.3. The van der Waals surface area contributed by atoms with Crippen LogP contribution in [0.25, 0.3) is 0 Å². The molecule has 3 aromatic heterocycles.